The van der Waals surface area contributed by atoms with Gasteiger partial charge in [-0.2, -0.15) is 5.26 Å². The van der Waals surface area contributed by atoms with Crippen molar-refractivity contribution in [2.24, 2.45) is 0 Å². The average Bonchev–Trinajstić information content (AvgIpc) is 2.32. The molecule has 1 N–H and O–H groups in total. The van der Waals surface area contributed by atoms with Crippen molar-refractivity contribution >= 4 is 10.8 Å². The maximum Gasteiger partial charge on any atom is 0.120 e. The Morgan fingerprint density at radius 2 is 2.00 bits per heavy atom. The molecule has 86 valence electrons. The summed E-state index contributed by atoms with van der Waals surface area (Å²) in [6.45, 7) is 0.676. The molecule has 0 saturated carbocycles. The van der Waals surface area contributed by atoms with Crippen molar-refractivity contribution < 1.29 is 5.11 Å². The third-order valence-electron chi connectivity index (χ3n) is 2.71. The van der Waals surface area contributed by atoms with Gasteiger partial charge in [-0.25, -0.2) is 0 Å². The number of phenolic OH excluding ortho intramolecular Hbond substituents is 1. The summed E-state index contributed by atoms with van der Waals surface area (Å²) in [5, 5.41) is 20.7. The zero-order valence-electron chi connectivity index (χ0n) is 9.94. The van der Waals surface area contributed by atoms with E-state index in [2.05, 4.69) is 6.07 Å². The molecule has 0 aliphatic heterocycles. The molecule has 0 heterocycles. The molecule has 0 amide bonds. The topological polar surface area (TPSA) is 47.3 Å². The van der Waals surface area contributed by atoms with Gasteiger partial charge in [0.05, 0.1) is 11.6 Å². The Kier molecular flexibility index (Phi) is 2.99. The van der Waals surface area contributed by atoms with Crippen LogP contribution >= 0.6 is 0 Å². The molecule has 2 aromatic rings. The molecule has 0 bridgehead atoms. The van der Waals surface area contributed by atoms with Gasteiger partial charge in [0.1, 0.15) is 5.75 Å². The minimum absolute atomic E-state index is 0.302. The first-order valence-electron chi connectivity index (χ1n) is 5.41. The quantitative estimate of drug-likeness (QED) is 0.855. The summed E-state index contributed by atoms with van der Waals surface area (Å²) in [6, 6.07) is 11.2. The van der Waals surface area contributed by atoms with E-state index in [-0.39, 0.29) is 0 Å². The Morgan fingerprint density at radius 1 is 1.24 bits per heavy atom. The Hall–Kier alpha value is -2.05. The number of nitriles is 1. The summed E-state index contributed by atoms with van der Waals surface area (Å²) < 4.78 is 0. The van der Waals surface area contributed by atoms with Gasteiger partial charge in [0.2, 0.25) is 0 Å². The highest BCUT2D eigenvalue weighted by Gasteiger charge is 2.08. The lowest BCUT2D eigenvalue weighted by Crippen LogP contribution is -2.11. The summed E-state index contributed by atoms with van der Waals surface area (Å²) in [6.07, 6.45) is 0. The van der Waals surface area contributed by atoms with E-state index < -0.39 is 0 Å². The van der Waals surface area contributed by atoms with Gasteiger partial charge in [-0.1, -0.05) is 12.1 Å². The van der Waals surface area contributed by atoms with E-state index >= 15 is 0 Å². The monoisotopic (exact) mass is 226 g/mol. The van der Waals surface area contributed by atoms with E-state index in [0.717, 1.165) is 16.3 Å². The molecule has 2 aromatic carbocycles. The van der Waals surface area contributed by atoms with E-state index in [1.807, 2.05) is 37.2 Å². The van der Waals surface area contributed by atoms with Crippen LogP contribution in [0.2, 0.25) is 0 Å². The van der Waals surface area contributed by atoms with Crippen LogP contribution in [0.1, 0.15) is 11.1 Å². The maximum absolute atomic E-state index is 9.89. The minimum atomic E-state index is 0.302. The number of nitrogens with zero attached hydrogens (tertiary/aromatic N) is 2. The van der Waals surface area contributed by atoms with Gasteiger partial charge in [0, 0.05) is 12.1 Å². The molecule has 0 aromatic heterocycles. The summed E-state index contributed by atoms with van der Waals surface area (Å²) in [5.41, 5.74) is 1.54. The number of hydrogen-bond donors (Lipinski definition) is 1. The van der Waals surface area contributed by atoms with Gasteiger partial charge in [-0.3, -0.25) is 0 Å². The highest BCUT2D eigenvalue weighted by molar-refractivity contribution is 5.88. The third-order valence-corrected chi connectivity index (χ3v) is 2.71. The zero-order chi connectivity index (χ0) is 12.4. The highest BCUT2D eigenvalue weighted by atomic mass is 16.3. The lowest BCUT2D eigenvalue weighted by Gasteiger charge is -2.14. The first-order valence-corrected chi connectivity index (χ1v) is 5.41. The molecule has 3 nitrogen and oxygen atoms in total. The van der Waals surface area contributed by atoms with Crippen molar-refractivity contribution in [2.45, 2.75) is 6.54 Å². The Balaban J connectivity index is 2.65. The predicted octanol–water partition coefficient (Wildman–Crippen LogP) is 2.48. The van der Waals surface area contributed by atoms with Crippen LogP contribution < -0.4 is 0 Å². The molecule has 0 aliphatic carbocycles. The van der Waals surface area contributed by atoms with Crippen LogP contribution in [-0.2, 0) is 6.54 Å². The molecule has 0 unspecified atom stereocenters. The Bertz CT molecular complexity index is 597. The Morgan fingerprint density at radius 3 is 2.65 bits per heavy atom. The molecule has 0 saturated heterocycles. The van der Waals surface area contributed by atoms with Crippen molar-refractivity contribution in [3.8, 4) is 11.8 Å². The largest absolute Gasteiger partial charge is 0.508 e. The van der Waals surface area contributed by atoms with Crippen LogP contribution in [-0.4, -0.2) is 24.1 Å². The fraction of sp³-hybridized carbons (Fsp3) is 0.214. The van der Waals surface area contributed by atoms with Crippen molar-refractivity contribution in [3.63, 3.8) is 0 Å². The molecule has 0 atom stereocenters. The molecule has 0 aliphatic rings. The lowest BCUT2D eigenvalue weighted by molar-refractivity contribution is 0.388. The van der Waals surface area contributed by atoms with Crippen molar-refractivity contribution in [1.29, 1.82) is 5.26 Å². The van der Waals surface area contributed by atoms with Gasteiger partial charge in [-0.05, 0) is 43.1 Å². The van der Waals surface area contributed by atoms with Crippen LogP contribution in [0.4, 0.5) is 0 Å². The number of aromatic hydroxyl groups is 1. The normalized spacial score (nSPS) is 10.7. The van der Waals surface area contributed by atoms with Gasteiger partial charge in [0.15, 0.2) is 0 Å². The second-order valence-electron chi connectivity index (χ2n) is 4.35. The van der Waals surface area contributed by atoms with Crippen molar-refractivity contribution in [2.75, 3.05) is 14.1 Å². The second kappa shape index (κ2) is 4.44. The molecule has 0 radical (unpaired) electrons. The van der Waals surface area contributed by atoms with E-state index in [4.69, 9.17) is 5.26 Å². The highest BCUT2D eigenvalue weighted by Crippen LogP contribution is 2.28. The summed E-state index contributed by atoms with van der Waals surface area (Å²) in [4.78, 5) is 2.01. The van der Waals surface area contributed by atoms with E-state index in [1.54, 1.807) is 12.1 Å². The molecular weight excluding hydrogens is 212 g/mol. The van der Waals surface area contributed by atoms with Crippen LogP contribution in [0.15, 0.2) is 30.3 Å². The van der Waals surface area contributed by atoms with E-state index in [0.29, 0.717) is 17.9 Å². The number of rotatable bonds is 2. The fourth-order valence-corrected chi connectivity index (χ4v) is 1.93. The smallest absolute Gasteiger partial charge is 0.120 e. The van der Waals surface area contributed by atoms with E-state index in [9.17, 15) is 5.11 Å². The second-order valence-corrected chi connectivity index (χ2v) is 4.35. The average molecular weight is 226 g/mol. The van der Waals surface area contributed by atoms with Crippen LogP contribution in [0.3, 0.4) is 0 Å². The van der Waals surface area contributed by atoms with Gasteiger partial charge in [0.25, 0.3) is 0 Å². The molecular formula is C14H14N2O. The third kappa shape index (κ3) is 2.22. The van der Waals surface area contributed by atoms with Crippen molar-refractivity contribution in [3.05, 3.63) is 41.5 Å². The number of benzene rings is 2. The van der Waals surface area contributed by atoms with Gasteiger partial charge >= 0.3 is 0 Å². The Labute approximate surface area is 101 Å². The van der Waals surface area contributed by atoms with Gasteiger partial charge < -0.3 is 10.0 Å². The fourth-order valence-electron chi connectivity index (χ4n) is 1.93. The minimum Gasteiger partial charge on any atom is -0.508 e. The summed E-state index contributed by atoms with van der Waals surface area (Å²) in [5.74, 6) is 0.302. The predicted molar refractivity (Wildman–Crippen MR) is 67.7 cm³/mol. The number of fused-ring (bicyclic) bond motifs is 1. The molecule has 3 heteroatoms. The molecule has 17 heavy (non-hydrogen) atoms. The SMILES string of the molecule is CN(C)Cc1c(O)ccc2cc(C#N)ccc12. The van der Waals surface area contributed by atoms with Crippen LogP contribution in [0, 0.1) is 11.3 Å². The van der Waals surface area contributed by atoms with E-state index in [1.165, 1.54) is 0 Å². The maximum atomic E-state index is 9.89. The lowest BCUT2D eigenvalue weighted by atomic mass is 10.0. The van der Waals surface area contributed by atoms with Crippen LogP contribution in [0.25, 0.3) is 10.8 Å². The molecule has 0 fully saturated rings. The number of hydrogen-bond acceptors (Lipinski definition) is 3. The summed E-state index contributed by atoms with van der Waals surface area (Å²) >= 11 is 0. The standard InChI is InChI=1S/C14H14N2O/c1-16(2)9-13-12-5-3-10(8-15)7-11(12)4-6-14(13)17/h3-7,17H,9H2,1-2H3. The van der Waals surface area contributed by atoms with Crippen LogP contribution in [0.5, 0.6) is 5.75 Å². The summed E-state index contributed by atoms with van der Waals surface area (Å²) in [7, 11) is 3.92. The van der Waals surface area contributed by atoms with Crippen molar-refractivity contribution in [1.82, 2.24) is 4.90 Å². The molecule has 0 spiro atoms. The van der Waals surface area contributed by atoms with Gasteiger partial charge in [-0.15, -0.1) is 0 Å². The first kappa shape index (κ1) is 11.4. The first-order chi connectivity index (χ1) is 8.11. The number of phenols is 1. The zero-order valence-corrected chi connectivity index (χ0v) is 9.94. The molecule has 2 rings (SSSR count).